The van der Waals surface area contributed by atoms with Gasteiger partial charge in [-0.05, 0) is 44.9 Å². The molecule has 59 heavy (non-hydrogen) atoms. The molecule has 0 aromatic carbocycles. The Balaban J connectivity index is 4.35. The molecular weight excluding hydrogens is 743 g/mol. The van der Waals surface area contributed by atoms with Crippen molar-refractivity contribution in [2.75, 3.05) is 47.5 Å². The Labute approximate surface area is 363 Å². The molecule has 9 nitrogen and oxygen atoms in total. The van der Waals surface area contributed by atoms with E-state index in [1.54, 1.807) is 0 Å². The number of carboxylic acids is 1. The Kier molecular flexibility index (Phi) is 40.9. The van der Waals surface area contributed by atoms with Crippen LogP contribution in [0.25, 0.3) is 0 Å². The van der Waals surface area contributed by atoms with Crippen molar-refractivity contribution in [3.05, 3.63) is 24.3 Å². The van der Waals surface area contributed by atoms with Gasteiger partial charge in [0.25, 0.3) is 0 Å². The quantitative estimate of drug-likeness (QED) is 0.0196. The first-order valence-electron chi connectivity index (χ1n) is 24.5. The van der Waals surface area contributed by atoms with Crippen molar-refractivity contribution in [1.29, 1.82) is 0 Å². The van der Waals surface area contributed by atoms with E-state index >= 15 is 0 Å². The number of rotatable bonds is 45. The summed E-state index contributed by atoms with van der Waals surface area (Å²) >= 11 is 0. The van der Waals surface area contributed by atoms with Gasteiger partial charge >= 0.3 is 11.9 Å². The number of esters is 2. The summed E-state index contributed by atoms with van der Waals surface area (Å²) in [5.41, 5.74) is 0. The summed E-state index contributed by atoms with van der Waals surface area (Å²) in [6, 6.07) is 0. The molecule has 0 spiro atoms. The van der Waals surface area contributed by atoms with Crippen LogP contribution in [0.3, 0.4) is 0 Å². The fourth-order valence-corrected chi connectivity index (χ4v) is 6.86. The minimum atomic E-state index is -1.62. The highest BCUT2D eigenvalue weighted by Crippen LogP contribution is 2.16. The van der Waals surface area contributed by atoms with Crippen LogP contribution in [0.5, 0.6) is 0 Å². The van der Waals surface area contributed by atoms with Gasteiger partial charge in [0.1, 0.15) is 13.2 Å². The second kappa shape index (κ2) is 42.5. The zero-order chi connectivity index (χ0) is 43.5. The molecule has 0 heterocycles. The number of carbonyl (C=O) groups is 3. The normalized spacial score (nSPS) is 13.0. The van der Waals surface area contributed by atoms with Gasteiger partial charge in [0, 0.05) is 12.8 Å². The number of hydrogen-bond acceptors (Lipinski definition) is 8. The Hall–Kier alpha value is -2.23. The smallest absolute Gasteiger partial charge is 0.306 e. The van der Waals surface area contributed by atoms with Gasteiger partial charge < -0.3 is 33.3 Å². The molecule has 0 amide bonds. The monoisotopic (exact) mass is 836 g/mol. The maximum Gasteiger partial charge on any atom is 0.306 e. The minimum Gasteiger partial charge on any atom is -0.545 e. The van der Waals surface area contributed by atoms with E-state index in [4.69, 9.17) is 18.9 Å². The largest absolute Gasteiger partial charge is 0.545 e. The Morgan fingerprint density at radius 1 is 0.508 bits per heavy atom. The van der Waals surface area contributed by atoms with Crippen molar-refractivity contribution < 1.29 is 42.9 Å². The summed E-state index contributed by atoms with van der Waals surface area (Å²) in [4.78, 5) is 37.0. The van der Waals surface area contributed by atoms with Crippen molar-refractivity contribution in [3.63, 3.8) is 0 Å². The predicted octanol–water partition coefficient (Wildman–Crippen LogP) is 11.9. The molecule has 346 valence electrons. The number of unbranched alkanes of at least 4 members (excludes halogenated alkanes) is 26. The highest BCUT2D eigenvalue weighted by molar-refractivity contribution is 5.70. The molecule has 0 fully saturated rings. The fraction of sp³-hybridized carbons (Fsp3) is 0.860. The molecule has 0 saturated carbocycles. The van der Waals surface area contributed by atoms with E-state index in [-0.39, 0.29) is 32.2 Å². The summed E-state index contributed by atoms with van der Waals surface area (Å²) in [6.45, 7) is 4.72. The van der Waals surface area contributed by atoms with Crippen LogP contribution in [0.2, 0.25) is 0 Å². The number of aliphatic carboxylic acids is 1. The van der Waals surface area contributed by atoms with Crippen molar-refractivity contribution >= 4 is 17.9 Å². The number of ether oxygens (including phenoxy) is 4. The molecule has 0 rings (SSSR count). The van der Waals surface area contributed by atoms with Gasteiger partial charge in [-0.1, -0.05) is 186 Å². The number of carbonyl (C=O) groups excluding carboxylic acids is 3. The van der Waals surface area contributed by atoms with Gasteiger partial charge in [-0.25, -0.2) is 0 Å². The summed E-state index contributed by atoms with van der Waals surface area (Å²) in [5.74, 6) is -2.29. The third-order valence-corrected chi connectivity index (χ3v) is 10.7. The number of nitrogens with zero attached hydrogens (tertiary/aromatic N) is 1. The summed E-state index contributed by atoms with van der Waals surface area (Å²) in [5, 5.41) is 11.7. The van der Waals surface area contributed by atoms with E-state index in [0.29, 0.717) is 23.9 Å². The summed E-state index contributed by atoms with van der Waals surface area (Å²) < 4.78 is 22.6. The van der Waals surface area contributed by atoms with Gasteiger partial charge in [0.05, 0.1) is 40.3 Å². The van der Waals surface area contributed by atoms with Crippen LogP contribution in [0.1, 0.15) is 219 Å². The fourth-order valence-electron chi connectivity index (χ4n) is 6.86. The molecule has 2 atom stereocenters. The zero-order valence-corrected chi connectivity index (χ0v) is 39.1. The van der Waals surface area contributed by atoms with E-state index < -0.39 is 24.3 Å². The Bertz CT molecular complexity index is 1020. The molecule has 0 N–H and O–H groups in total. The first-order chi connectivity index (χ1) is 28.6. The average Bonchev–Trinajstić information content (AvgIpc) is 3.19. The average molecular weight is 836 g/mol. The number of quaternary nitrogens is 1. The van der Waals surface area contributed by atoms with E-state index in [0.717, 1.165) is 57.8 Å². The highest BCUT2D eigenvalue weighted by Gasteiger charge is 2.21. The lowest BCUT2D eigenvalue weighted by molar-refractivity contribution is -0.870. The topological polar surface area (TPSA) is 111 Å². The third-order valence-electron chi connectivity index (χ3n) is 10.7. The second-order valence-corrected chi connectivity index (χ2v) is 17.8. The van der Waals surface area contributed by atoms with Crippen LogP contribution >= 0.6 is 0 Å². The number of allylic oxidation sites excluding steroid dienone is 4. The van der Waals surface area contributed by atoms with Gasteiger partial charge in [-0.15, -0.1) is 0 Å². The highest BCUT2D eigenvalue weighted by atomic mass is 16.7. The Morgan fingerprint density at radius 2 is 0.915 bits per heavy atom. The zero-order valence-electron chi connectivity index (χ0n) is 39.1. The lowest BCUT2D eigenvalue weighted by Gasteiger charge is -2.26. The van der Waals surface area contributed by atoms with E-state index in [2.05, 4.69) is 38.2 Å². The first-order valence-corrected chi connectivity index (χ1v) is 24.5. The van der Waals surface area contributed by atoms with E-state index in [1.165, 1.54) is 128 Å². The molecule has 2 unspecified atom stereocenters. The maximum absolute atomic E-state index is 12.8. The van der Waals surface area contributed by atoms with Gasteiger partial charge in [-0.3, -0.25) is 9.59 Å². The minimum absolute atomic E-state index is 0.147. The molecule has 0 saturated heterocycles. The van der Waals surface area contributed by atoms with Crippen molar-refractivity contribution in [2.24, 2.45) is 0 Å². The lowest BCUT2D eigenvalue weighted by Crippen LogP contribution is -2.44. The molecule has 0 radical (unpaired) electrons. The predicted molar refractivity (Wildman–Crippen MR) is 242 cm³/mol. The van der Waals surface area contributed by atoms with Crippen LogP contribution in [-0.2, 0) is 33.3 Å². The lowest BCUT2D eigenvalue weighted by atomic mass is 10.0. The molecule has 0 bridgehead atoms. The summed E-state index contributed by atoms with van der Waals surface area (Å²) in [7, 11) is 5.91. The van der Waals surface area contributed by atoms with Crippen molar-refractivity contribution in [3.8, 4) is 0 Å². The van der Waals surface area contributed by atoms with E-state index in [1.807, 2.05) is 21.1 Å². The molecular formula is C50H93NO8. The second-order valence-electron chi connectivity index (χ2n) is 17.8. The van der Waals surface area contributed by atoms with Crippen molar-refractivity contribution in [2.45, 2.75) is 232 Å². The number of carboxylic acid groups (broad SMARTS) is 1. The van der Waals surface area contributed by atoms with Gasteiger partial charge in [0.2, 0.25) is 0 Å². The molecule has 0 aliphatic carbocycles. The molecule has 0 aromatic rings. The maximum atomic E-state index is 12.8. The standard InChI is InChI=1S/C50H93NO8/c1-6-8-10-12-14-16-18-20-22-23-24-25-27-28-30-32-34-36-38-40-47(52)57-44-46(45-58-50(49(54)55)56-43-42-51(3,4)5)59-48(53)41-39-37-35-33-31-29-26-21-19-17-15-13-11-9-7-2/h15,17,21,26,46,50H,6-14,16,18-20,22-25,27-45H2,1-5H3/b17-15-,26-21-. The third kappa shape index (κ3) is 43.7. The van der Waals surface area contributed by atoms with Crippen molar-refractivity contribution in [1.82, 2.24) is 0 Å². The van der Waals surface area contributed by atoms with Crippen LogP contribution in [-0.4, -0.2) is 82.3 Å². The number of hydrogen-bond donors (Lipinski definition) is 0. The molecule has 0 aliphatic rings. The number of likely N-dealkylation sites (N-methyl/N-ethyl adjacent to an activating group) is 1. The SMILES string of the molecule is CCCCC/C=C\C/C=C\CCCCCCCC(=O)OC(COC(=O)CCCCCCCCCCCCCCCCCCCCC)COC(OCC[N+](C)(C)C)C(=O)[O-]. The van der Waals surface area contributed by atoms with Crippen LogP contribution < -0.4 is 5.11 Å². The van der Waals surface area contributed by atoms with Crippen LogP contribution in [0.15, 0.2) is 24.3 Å². The first kappa shape index (κ1) is 56.8. The van der Waals surface area contributed by atoms with Gasteiger partial charge in [0.15, 0.2) is 12.4 Å². The molecule has 0 aromatic heterocycles. The van der Waals surface area contributed by atoms with Gasteiger partial charge in [-0.2, -0.15) is 0 Å². The molecule has 0 aliphatic heterocycles. The summed E-state index contributed by atoms with van der Waals surface area (Å²) in [6.07, 6.45) is 43.5. The molecule has 9 heteroatoms. The Morgan fingerprint density at radius 3 is 1.37 bits per heavy atom. The van der Waals surface area contributed by atoms with E-state index in [9.17, 15) is 19.5 Å². The van der Waals surface area contributed by atoms with Crippen LogP contribution in [0.4, 0.5) is 0 Å². The van der Waals surface area contributed by atoms with Crippen LogP contribution in [0, 0.1) is 0 Å².